The van der Waals surface area contributed by atoms with Gasteiger partial charge in [-0.15, -0.1) is 11.3 Å². The summed E-state index contributed by atoms with van der Waals surface area (Å²) in [5.41, 5.74) is 1.44. The highest BCUT2D eigenvalue weighted by molar-refractivity contribution is 7.15. The van der Waals surface area contributed by atoms with Crippen molar-refractivity contribution in [1.82, 2.24) is 4.98 Å². The fourth-order valence-electron chi connectivity index (χ4n) is 2.38. The molecule has 1 N–H and O–H groups in total. The standard InChI is InChI=1S/C19H15F3N2OS/c1-12-5-7-14(8-6-12)17(25)24-18-23-11-16(26-18)10-13-3-2-4-15(9-13)19(20,21)22/h2-9,11H,10H2,1H3,(H,23,24,25). The monoisotopic (exact) mass is 376 g/mol. The van der Waals surface area contributed by atoms with Crippen LogP contribution in [0, 0.1) is 6.92 Å². The Hall–Kier alpha value is -2.67. The number of carbonyl (C=O) groups is 1. The molecule has 0 spiro atoms. The van der Waals surface area contributed by atoms with Crippen molar-refractivity contribution in [2.75, 3.05) is 5.32 Å². The zero-order valence-electron chi connectivity index (χ0n) is 13.8. The van der Waals surface area contributed by atoms with Crippen molar-refractivity contribution in [2.45, 2.75) is 19.5 Å². The minimum absolute atomic E-state index is 0.273. The maximum absolute atomic E-state index is 12.8. The summed E-state index contributed by atoms with van der Waals surface area (Å²) in [5, 5.41) is 3.12. The number of thiazole rings is 1. The average Bonchev–Trinajstić information content (AvgIpc) is 3.02. The molecule has 0 saturated heterocycles. The van der Waals surface area contributed by atoms with Gasteiger partial charge in [-0.05, 0) is 30.7 Å². The van der Waals surface area contributed by atoms with E-state index in [9.17, 15) is 18.0 Å². The number of nitrogens with zero attached hydrogens (tertiary/aromatic N) is 1. The molecular weight excluding hydrogens is 361 g/mol. The van der Waals surface area contributed by atoms with Gasteiger partial charge in [-0.2, -0.15) is 13.2 Å². The third-order valence-electron chi connectivity index (χ3n) is 3.72. The van der Waals surface area contributed by atoms with Gasteiger partial charge in [-0.1, -0.05) is 35.9 Å². The highest BCUT2D eigenvalue weighted by Gasteiger charge is 2.30. The Morgan fingerprint density at radius 3 is 2.58 bits per heavy atom. The van der Waals surface area contributed by atoms with Crippen LogP contribution < -0.4 is 5.32 Å². The first-order valence-electron chi connectivity index (χ1n) is 7.80. The van der Waals surface area contributed by atoms with Crippen LogP contribution in [0.2, 0.25) is 0 Å². The van der Waals surface area contributed by atoms with E-state index in [-0.39, 0.29) is 5.91 Å². The molecule has 0 atom stereocenters. The Labute approximate surface area is 152 Å². The molecule has 3 nitrogen and oxygen atoms in total. The molecule has 0 aliphatic carbocycles. The molecule has 1 aromatic heterocycles. The summed E-state index contributed by atoms with van der Waals surface area (Å²) in [7, 11) is 0. The third-order valence-corrected chi connectivity index (χ3v) is 4.63. The largest absolute Gasteiger partial charge is 0.416 e. The lowest BCUT2D eigenvalue weighted by atomic mass is 10.1. The zero-order chi connectivity index (χ0) is 18.7. The van der Waals surface area contributed by atoms with Gasteiger partial charge in [0.15, 0.2) is 5.13 Å². The van der Waals surface area contributed by atoms with Crippen molar-refractivity contribution in [2.24, 2.45) is 0 Å². The second-order valence-corrected chi connectivity index (χ2v) is 6.94. The van der Waals surface area contributed by atoms with E-state index in [0.717, 1.165) is 22.6 Å². The number of halogens is 3. The summed E-state index contributed by atoms with van der Waals surface area (Å²) in [6, 6.07) is 12.3. The summed E-state index contributed by atoms with van der Waals surface area (Å²) >= 11 is 1.24. The highest BCUT2D eigenvalue weighted by atomic mass is 32.1. The average molecular weight is 376 g/mol. The first-order chi connectivity index (χ1) is 12.3. The Morgan fingerprint density at radius 2 is 1.88 bits per heavy atom. The third kappa shape index (κ3) is 4.49. The molecule has 7 heteroatoms. The number of nitrogens with one attached hydrogen (secondary N) is 1. The first-order valence-corrected chi connectivity index (χ1v) is 8.62. The summed E-state index contributed by atoms with van der Waals surface area (Å²) in [6.07, 6.45) is -2.48. The van der Waals surface area contributed by atoms with Crippen LogP contribution in [0.1, 0.15) is 31.9 Å². The normalized spacial score (nSPS) is 11.4. The number of amides is 1. The number of aryl methyl sites for hydroxylation is 1. The molecule has 3 aromatic rings. The number of benzene rings is 2. The van der Waals surface area contributed by atoms with Crippen molar-refractivity contribution in [3.63, 3.8) is 0 Å². The molecule has 26 heavy (non-hydrogen) atoms. The van der Waals surface area contributed by atoms with Crippen LogP contribution in [-0.2, 0) is 12.6 Å². The van der Waals surface area contributed by atoms with E-state index in [2.05, 4.69) is 10.3 Å². The van der Waals surface area contributed by atoms with E-state index in [1.54, 1.807) is 24.4 Å². The topological polar surface area (TPSA) is 42.0 Å². The van der Waals surface area contributed by atoms with Crippen LogP contribution in [0.15, 0.2) is 54.7 Å². The number of alkyl halides is 3. The fourth-order valence-corrected chi connectivity index (χ4v) is 3.22. The van der Waals surface area contributed by atoms with E-state index in [1.165, 1.54) is 17.4 Å². The molecule has 1 amide bonds. The molecule has 0 unspecified atom stereocenters. The maximum atomic E-state index is 12.8. The Morgan fingerprint density at radius 1 is 1.15 bits per heavy atom. The molecule has 0 aliphatic heterocycles. The minimum atomic E-state index is -4.36. The summed E-state index contributed by atoms with van der Waals surface area (Å²) in [6.45, 7) is 1.93. The molecule has 0 radical (unpaired) electrons. The van der Waals surface area contributed by atoms with E-state index in [1.807, 2.05) is 19.1 Å². The maximum Gasteiger partial charge on any atom is 0.416 e. The van der Waals surface area contributed by atoms with Crippen molar-refractivity contribution in [3.05, 3.63) is 81.9 Å². The highest BCUT2D eigenvalue weighted by Crippen LogP contribution is 2.30. The molecular formula is C19H15F3N2OS. The number of carbonyl (C=O) groups excluding carboxylic acids is 1. The lowest BCUT2D eigenvalue weighted by Gasteiger charge is -2.07. The number of anilines is 1. The van der Waals surface area contributed by atoms with Crippen LogP contribution >= 0.6 is 11.3 Å². The zero-order valence-corrected chi connectivity index (χ0v) is 14.6. The second-order valence-electron chi connectivity index (χ2n) is 5.83. The lowest BCUT2D eigenvalue weighted by molar-refractivity contribution is -0.137. The van der Waals surface area contributed by atoms with Crippen molar-refractivity contribution < 1.29 is 18.0 Å². The SMILES string of the molecule is Cc1ccc(C(=O)Nc2ncc(Cc3cccc(C(F)(F)F)c3)s2)cc1. The van der Waals surface area contributed by atoms with Gasteiger partial charge in [0, 0.05) is 23.1 Å². The molecule has 0 bridgehead atoms. The van der Waals surface area contributed by atoms with Gasteiger partial charge in [0.2, 0.25) is 0 Å². The van der Waals surface area contributed by atoms with Gasteiger partial charge >= 0.3 is 6.18 Å². The second kappa shape index (κ2) is 7.29. The number of rotatable bonds is 4. The van der Waals surface area contributed by atoms with E-state index < -0.39 is 11.7 Å². The lowest BCUT2D eigenvalue weighted by Crippen LogP contribution is -2.11. The molecule has 0 fully saturated rings. The molecule has 0 aliphatic rings. The van der Waals surface area contributed by atoms with Crippen molar-refractivity contribution >= 4 is 22.4 Å². The summed E-state index contributed by atoms with van der Waals surface area (Å²) in [5.74, 6) is -0.273. The summed E-state index contributed by atoms with van der Waals surface area (Å²) in [4.78, 5) is 17.1. The van der Waals surface area contributed by atoms with E-state index in [0.29, 0.717) is 22.7 Å². The van der Waals surface area contributed by atoms with Gasteiger partial charge in [-0.3, -0.25) is 10.1 Å². The Kier molecular flexibility index (Phi) is 5.08. The molecule has 0 saturated carbocycles. The van der Waals surface area contributed by atoms with Gasteiger partial charge in [0.1, 0.15) is 0 Å². The van der Waals surface area contributed by atoms with Crippen molar-refractivity contribution in [1.29, 1.82) is 0 Å². The first kappa shape index (κ1) is 18.1. The summed E-state index contributed by atoms with van der Waals surface area (Å²) < 4.78 is 38.3. The minimum Gasteiger partial charge on any atom is -0.298 e. The molecule has 3 rings (SSSR count). The predicted molar refractivity (Wildman–Crippen MR) is 95.5 cm³/mol. The number of hydrogen-bond donors (Lipinski definition) is 1. The van der Waals surface area contributed by atoms with Crippen molar-refractivity contribution in [3.8, 4) is 0 Å². The van der Waals surface area contributed by atoms with Gasteiger partial charge < -0.3 is 0 Å². The Bertz CT molecular complexity index is 917. The van der Waals surface area contributed by atoms with Crippen LogP contribution in [-0.4, -0.2) is 10.9 Å². The van der Waals surface area contributed by atoms with E-state index >= 15 is 0 Å². The van der Waals surface area contributed by atoms with Gasteiger partial charge in [0.25, 0.3) is 5.91 Å². The number of hydrogen-bond acceptors (Lipinski definition) is 3. The van der Waals surface area contributed by atoms with Crippen LogP contribution in [0.3, 0.4) is 0 Å². The molecule has 2 aromatic carbocycles. The molecule has 1 heterocycles. The fraction of sp³-hybridized carbons (Fsp3) is 0.158. The quantitative estimate of drug-likeness (QED) is 0.670. The molecule has 134 valence electrons. The Balaban J connectivity index is 1.68. The van der Waals surface area contributed by atoms with E-state index in [4.69, 9.17) is 0 Å². The van der Waals surface area contributed by atoms with Crippen LogP contribution in [0.4, 0.5) is 18.3 Å². The van der Waals surface area contributed by atoms with Gasteiger partial charge in [-0.25, -0.2) is 4.98 Å². The predicted octanol–water partition coefficient (Wildman–Crippen LogP) is 5.31. The van der Waals surface area contributed by atoms with Crippen LogP contribution in [0.25, 0.3) is 0 Å². The van der Waals surface area contributed by atoms with Crippen LogP contribution in [0.5, 0.6) is 0 Å². The number of aromatic nitrogens is 1. The van der Waals surface area contributed by atoms with Gasteiger partial charge in [0.05, 0.1) is 5.56 Å². The smallest absolute Gasteiger partial charge is 0.298 e.